The molecule has 3 aliphatic rings. The van der Waals surface area contributed by atoms with Gasteiger partial charge < -0.3 is 14.5 Å². The number of rotatable bonds is 3. The molecule has 5 nitrogen and oxygen atoms in total. The molecule has 3 fully saturated rings. The molecule has 1 aromatic carbocycles. The Bertz CT molecular complexity index is 826. The summed E-state index contributed by atoms with van der Waals surface area (Å²) in [6.07, 6.45) is -1.53. The van der Waals surface area contributed by atoms with Crippen LogP contribution in [0.3, 0.4) is 0 Å². The molecule has 2 amide bonds. The summed E-state index contributed by atoms with van der Waals surface area (Å²) in [5, 5.41) is 0. The number of piperidine rings is 1. The van der Waals surface area contributed by atoms with E-state index < -0.39 is 11.7 Å². The zero-order valence-electron chi connectivity index (χ0n) is 16.5. The van der Waals surface area contributed by atoms with Gasteiger partial charge in [-0.25, -0.2) is 4.79 Å². The summed E-state index contributed by atoms with van der Waals surface area (Å²) in [4.78, 5) is 28.0. The van der Waals surface area contributed by atoms with E-state index in [-0.39, 0.29) is 30.4 Å². The fourth-order valence-electron chi connectivity index (χ4n) is 4.55. The molecule has 0 aromatic heterocycles. The van der Waals surface area contributed by atoms with E-state index in [1.165, 1.54) is 6.07 Å². The third kappa shape index (κ3) is 4.66. The van der Waals surface area contributed by atoms with Crippen LogP contribution in [0.5, 0.6) is 0 Å². The molecule has 0 radical (unpaired) electrons. The van der Waals surface area contributed by atoms with Gasteiger partial charge in [-0.2, -0.15) is 13.2 Å². The van der Waals surface area contributed by atoms with Crippen LogP contribution >= 0.6 is 15.9 Å². The van der Waals surface area contributed by atoms with Crippen molar-refractivity contribution < 1.29 is 27.5 Å². The molecule has 0 spiro atoms. The molecule has 3 aliphatic heterocycles. The number of hydrogen-bond acceptors (Lipinski definition) is 3. The fourth-order valence-corrected chi connectivity index (χ4v) is 5.12. The number of ketones is 1. The van der Waals surface area contributed by atoms with E-state index >= 15 is 0 Å². The topological polar surface area (TPSA) is 49.9 Å². The van der Waals surface area contributed by atoms with Gasteiger partial charge in [0.25, 0.3) is 0 Å². The van der Waals surface area contributed by atoms with Crippen molar-refractivity contribution in [2.45, 2.75) is 38.0 Å². The van der Waals surface area contributed by atoms with Gasteiger partial charge in [0.1, 0.15) is 6.61 Å². The van der Waals surface area contributed by atoms with Crippen molar-refractivity contribution in [3.05, 3.63) is 33.8 Å². The number of alkyl halides is 3. The second-order valence-corrected chi connectivity index (χ2v) is 9.34. The van der Waals surface area contributed by atoms with Crippen molar-refractivity contribution >= 4 is 27.7 Å². The Labute approximate surface area is 181 Å². The molecule has 0 N–H and O–H groups in total. The van der Waals surface area contributed by atoms with Crippen molar-refractivity contribution in [2.24, 2.45) is 11.8 Å². The van der Waals surface area contributed by atoms with Crippen LogP contribution in [-0.2, 0) is 22.1 Å². The van der Waals surface area contributed by atoms with E-state index in [4.69, 9.17) is 4.74 Å². The highest BCUT2D eigenvalue weighted by molar-refractivity contribution is 9.10. The van der Waals surface area contributed by atoms with Crippen molar-refractivity contribution in [1.29, 1.82) is 0 Å². The molecule has 0 bridgehead atoms. The Kier molecular flexibility index (Phi) is 6.12. The molecule has 1 aromatic rings. The lowest BCUT2D eigenvalue weighted by Crippen LogP contribution is -2.58. The van der Waals surface area contributed by atoms with E-state index in [1.54, 1.807) is 0 Å². The number of fused-ring (bicyclic) bond motifs is 1. The van der Waals surface area contributed by atoms with E-state index in [9.17, 15) is 22.8 Å². The average molecular weight is 489 g/mol. The minimum absolute atomic E-state index is 0.0124. The number of amides is 2. The third-order valence-electron chi connectivity index (χ3n) is 6.31. The molecule has 4 rings (SSSR count). The SMILES string of the molecule is O=C1CO[C@H]2CCN(C(=O)N3CC(CCc4ccc(C(F)(F)F)cc4Br)C3)C[C@H]2C1. The highest BCUT2D eigenvalue weighted by atomic mass is 79.9. The summed E-state index contributed by atoms with van der Waals surface area (Å²) >= 11 is 3.24. The summed E-state index contributed by atoms with van der Waals surface area (Å²) in [7, 11) is 0. The van der Waals surface area contributed by atoms with Crippen molar-refractivity contribution in [3.63, 3.8) is 0 Å². The van der Waals surface area contributed by atoms with Gasteiger partial charge in [0.2, 0.25) is 0 Å². The van der Waals surface area contributed by atoms with Crippen LogP contribution in [0.15, 0.2) is 22.7 Å². The number of benzene rings is 1. The molecule has 9 heteroatoms. The minimum Gasteiger partial charge on any atom is -0.370 e. The highest BCUT2D eigenvalue weighted by Crippen LogP contribution is 2.34. The average Bonchev–Trinajstić information content (AvgIpc) is 2.66. The number of likely N-dealkylation sites (tertiary alicyclic amines) is 2. The third-order valence-corrected chi connectivity index (χ3v) is 7.05. The summed E-state index contributed by atoms with van der Waals surface area (Å²) in [6.45, 7) is 2.73. The highest BCUT2D eigenvalue weighted by Gasteiger charge is 2.40. The maximum atomic E-state index is 12.8. The predicted molar refractivity (Wildman–Crippen MR) is 107 cm³/mol. The second-order valence-electron chi connectivity index (χ2n) is 8.48. The predicted octanol–water partition coefficient (Wildman–Crippen LogP) is 4.13. The number of carbonyl (C=O) groups excluding carboxylic acids is 2. The van der Waals surface area contributed by atoms with Gasteiger partial charge in [-0.1, -0.05) is 22.0 Å². The molecule has 164 valence electrons. The standard InChI is InChI=1S/C21H24BrF3N2O3/c22-18-8-16(21(23,24)25)4-3-14(18)2-1-13-9-27(10-13)20(29)26-6-5-19-15(11-26)7-17(28)12-30-19/h3-4,8,13,15,19H,1-2,5-7,9-12H2/t15-,19+/m1/s1. The number of halogens is 4. The minimum atomic E-state index is -4.35. The number of Topliss-reactive ketones (excluding diaryl/α,β-unsaturated/α-hetero) is 1. The van der Waals surface area contributed by atoms with Crippen LogP contribution in [0.25, 0.3) is 0 Å². The van der Waals surface area contributed by atoms with Gasteiger partial charge in [0.05, 0.1) is 11.7 Å². The van der Waals surface area contributed by atoms with Gasteiger partial charge in [-0.15, -0.1) is 0 Å². The second kappa shape index (κ2) is 8.49. The first-order valence-corrected chi connectivity index (χ1v) is 11.0. The quantitative estimate of drug-likeness (QED) is 0.642. The van der Waals surface area contributed by atoms with Crippen LogP contribution in [0, 0.1) is 11.8 Å². The first-order chi connectivity index (χ1) is 14.2. The summed E-state index contributed by atoms with van der Waals surface area (Å²) in [6, 6.07) is 3.76. The number of nitrogens with zero attached hydrogens (tertiary/aromatic N) is 2. The smallest absolute Gasteiger partial charge is 0.370 e. The first kappa shape index (κ1) is 21.6. The molecule has 0 aliphatic carbocycles. The van der Waals surface area contributed by atoms with Gasteiger partial charge in [-0.3, -0.25) is 4.79 Å². The van der Waals surface area contributed by atoms with Gasteiger partial charge in [-0.05, 0) is 42.9 Å². The number of ether oxygens (including phenoxy) is 1. The Morgan fingerprint density at radius 1 is 1.20 bits per heavy atom. The van der Waals surface area contributed by atoms with Crippen LogP contribution in [0.1, 0.15) is 30.4 Å². The lowest BCUT2D eigenvalue weighted by atomic mass is 9.88. The molecule has 2 atom stereocenters. The fraction of sp³-hybridized carbons (Fsp3) is 0.619. The maximum absolute atomic E-state index is 12.8. The molecule has 0 unspecified atom stereocenters. The molecule has 30 heavy (non-hydrogen) atoms. The first-order valence-electron chi connectivity index (χ1n) is 10.2. The molecule has 0 saturated carbocycles. The normalized spacial score (nSPS) is 25.1. The Morgan fingerprint density at radius 3 is 2.67 bits per heavy atom. The summed E-state index contributed by atoms with van der Waals surface area (Å²) in [5.41, 5.74) is 0.184. The molecular formula is C21H24BrF3N2O3. The molecule has 3 saturated heterocycles. The number of hydrogen-bond donors (Lipinski definition) is 0. The van der Waals surface area contributed by atoms with Crippen molar-refractivity contribution in [1.82, 2.24) is 9.80 Å². The Hall–Kier alpha value is -1.61. The van der Waals surface area contributed by atoms with Gasteiger partial charge in [0, 0.05) is 43.0 Å². The Balaban J connectivity index is 1.23. The van der Waals surface area contributed by atoms with Crippen LogP contribution < -0.4 is 0 Å². The van der Waals surface area contributed by atoms with E-state index in [2.05, 4.69) is 15.9 Å². The number of aryl methyl sites for hydroxylation is 1. The maximum Gasteiger partial charge on any atom is 0.416 e. The van der Waals surface area contributed by atoms with Crippen LogP contribution in [0.2, 0.25) is 0 Å². The number of carbonyl (C=O) groups is 2. The van der Waals surface area contributed by atoms with Crippen LogP contribution in [0.4, 0.5) is 18.0 Å². The Morgan fingerprint density at radius 2 is 1.97 bits per heavy atom. The number of urea groups is 1. The largest absolute Gasteiger partial charge is 0.416 e. The zero-order valence-corrected chi connectivity index (χ0v) is 18.0. The van der Waals surface area contributed by atoms with E-state index in [0.717, 1.165) is 30.5 Å². The van der Waals surface area contributed by atoms with Gasteiger partial charge >= 0.3 is 12.2 Å². The summed E-state index contributed by atoms with van der Waals surface area (Å²) < 4.78 is 44.4. The summed E-state index contributed by atoms with van der Waals surface area (Å²) in [5.74, 6) is 0.544. The van der Waals surface area contributed by atoms with Crippen molar-refractivity contribution in [3.8, 4) is 0 Å². The molecular weight excluding hydrogens is 465 g/mol. The zero-order chi connectivity index (χ0) is 21.5. The lowest BCUT2D eigenvalue weighted by Gasteiger charge is -2.46. The van der Waals surface area contributed by atoms with Crippen molar-refractivity contribution in [2.75, 3.05) is 32.8 Å². The monoisotopic (exact) mass is 488 g/mol. The van der Waals surface area contributed by atoms with Crippen LogP contribution in [-0.4, -0.2) is 60.5 Å². The van der Waals surface area contributed by atoms with E-state index in [0.29, 0.717) is 49.4 Å². The van der Waals surface area contributed by atoms with Gasteiger partial charge in [0.15, 0.2) is 5.78 Å². The van der Waals surface area contributed by atoms with E-state index in [1.807, 2.05) is 9.80 Å². The lowest BCUT2D eigenvalue weighted by molar-refractivity contribution is -0.140. The molecule has 3 heterocycles.